The second-order valence-electron chi connectivity index (χ2n) is 4.46. The summed E-state index contributed by atoms with van der Waals surface area (Å²) in [6, 6.07) is 14.2. The minimum atomic E-state index is 0.373. The predicted octanol–water partition coefficient (Wildman–Crippen LogP) is 3.30. The fourth-order valence-corrected chi connectivity index (χ4v) is 2.30. The molecule has 0 bridgehead atoms. The van der Waals surface area contributed by atoms with E-state index >= 15 is 0 Å². The Hall–Kier alpha value is -1.87. The summed E-state index contributed by atoms with van der Waals surface area (Å²) in [7, 11) is 0. The maximum absolute atomic E-state index is 5.87. The number of hydrogen-bond donors (Lipinski definition) is 1. The Morgan fingerprint density at radius 2 is 2.00 bits per heavy atom. The molecule has 1 aliphatic heterocycles. The second-order valence-corrected chi connectivity index (χ2v) is 4.46. The van der Waals surface area contributed by atoms with E-state index in [9.17, 15) is 0 Å². The van der Waals surface area contributed by atoms with Crippen LogP contribution in [-0.2, 0) is 0 Å². The topological polar surface area (TPSA) is 34.1 Å². The van der Waals surface area contributed by atoms with Gasteiger partial charge >= 0.3 is 0 Å². The first kappa shape index (κ1) is 11.2. The normalized spacial score (nSPS) is 18.8. The smallest absolute Gasteiger partial charge is 0.223 e. The van der Waals surface area contributed by atoms with Crippen LogP contribution in [-0.4, -0.2) is 11.5 Å². The average Bonchev–Trinajstić information content (AvgIpc) is 2.94. The Morgan fingerprint density at radius 3 is 2.78 bits per heavy atom. The lowest BCUT2D eigenvalue weighted by Crippen LogP contribution is -2.14. The molecule has 1 saturated heterocycles. The minimum Gasteiger partial charge on any atom is -0.439 e. The molecule has 0 saturated carbocycles. The largest absolute Gasteiger partial charge is 0.439 e. The number of para-hydroxylation sites is 1. The van der Waals surface area contributed by atoms with Gasteiger partial charge in [0.15, 0.2) is 0 Å². The van der Waals surface area contributed by atoms with Crippen LogP contribution in [0.25, 0.3) is 0 Å². The van der Waals surface area contributed by atoms with Crippen LogP contribution >= 0.6 is 0 Å². The third-order valence-corrected chi connectivity index (χ3v) is 3.19. The molecule has 0 radical (unpaired) electrons. The minimum absolute atomic E-state index is 0.373. The van der Waals surface area contributed by atoms with E-state index in [4.69, 9.17) is 4.74 Å². The van der Waals surface area contributed by atoms with Crippen LogP contribution in [0.2, 0.25) is 0 Å². The lowest BCUT2D eigenvalue weighted by atomic mass is 10.1. The lowest BCUT2D eigenvalue weighted by Gasteiger charge is -2.14. The predicted molar refractivity (Wildman–Crippen MR) is 70.7 cm³/mol. The Bertz CT molecular complexity index is 507. The number of pyridine rings is 1. The zero-order valence-electron chi connectivity index (χ0n) is 10.2. The summed E-state index contributed by atoms with van der Waals surface area (Å²) in [5, 5.41) is 3.48. The zero-order valence-corrected chi connectivity index (χ0v) is 10.2. The Balaban J connectivity index is 1.87. The van der Waals surface area contributed by atoms with Crippen LogP contribution in [0, 0.1) is 0 Å². The first-order valence-corrected chi connectivity index (χ1v) is 6.35. The molecule has 0 spiro atoms. The molecular formula is C15H16N2O. The number of rotatable bonds is 3. The number of benzene rings is 1. The van der Waals surface area contributed by atoms with Crippen molar-refractivity contribution in [2.45, 2.75) is 18.9 Å². The van der Waals surface area contributed by atoms with Crippen LogP contribution in [0.15, 0.2) is 48.7 Å². The van der Waals surface area contributed by atoms with Crippen molar-refractivity contribution in [1.82, 2.24) is 10.3 Å². The van der Waals surface area contributed by atoms with E-state index in [-0.39, 0.29) is 0 Å². The molecule has 1 N–H and O–H groups in total. The summed E-state index contributed by atoms with van der Waals surface area (Å²) in [5.74, 6) is 1.54. The molecule has 18 heavy (non-hydrogen) atoms. The summed E-state index contributed by atoms with van der Waals surface area (Å²) in [4.78, 5) is 4.36. The molecule has 2 aromatic rings. The monoisotopic (exact) mass is 240 g/mol. The van der Waals surface area contributed by atoms with Gasteiger partial charge in [0.25, 0.3) is 0 Å². The first-order valence-electron chi connectivity index (χ1n) is 6.35. The summed E-state index contributed by atoms with van der Waals surface area (Å²) < 4.78 is 5.87. The van der Waals surface area contributed by atoms with Crippen molar-refractivity contribution in [3.05, 3.63) is 54.2 Å². The van der Waals surface area contributed by atoms with E-state index in [2.05, 4.69) is 16.4 Å². The number of nitrogens with zero attached hydrogens (tertiary/aromatic N) is 1. The molecule has 0 aliphatic carbocycles. The van der Waals surface area contributed by atoms with E-state index in [1.54, 1.807) is 6.20 Å². The molecule has 1 aromatic heterocycles. The van der Waals surface area contributed by atoms with Crippen LogP contribution in [0.1, 0.15) is 24.4 Å². The molecule has 3 nitrogen and oxygen atoms in total. The molecular weight excluding hydrogens is 224 g/mol. The van der Waals surface area contributed by atoms with Crippen molar-refractivity contribution in [3.8, 4) is 11.6 Å². The van der Waals surface area contributed by atoms with E-state index in [1.165, 1.54) is 6.42 Å². The van der Waals surface area contributed by atoms with Crippen molar-refractivity contribution in [2.24, 2.45) is 0 Å². The van der Waals surface area contributed by atoms with Gasteiger partial charge in [0.05, 0.1) is 0 Å². The molecule has 3 heteroatoms. The highest BCUT2D eigenvalue weighted by molar-refractivity contribution is 5.34. The van der Waals surface area contributed by atoms with E-state index in [0.29, 0.717) is 11.9 Å². The fraction of sp³-hybridized carbons (Fsp3) is 0.267. The number of aromatic nitrogens is 1. The van der Waals surface area contributed by atoms with Gasteiger partial charge in [0.1, 0.15) is 5.75 Å². The summed E-state index contributed by atoms with van der Waals surface area (Å²) >= 11 is 0. The second kappa shape index (κ2) is 5.19. The zero-order chi connectivity index (χ0) is 12.2. The Labute approximate surface area is 107 Å². The van der Waals surface area contributed by atoms with Gasteiger partial charge in [-0.05, 0) is 37.6 Å². The molecule has 1 fully saturated rings. The maximum Gasteiger partial charge on any atom is 0.223 e. The van der Waals surface area contributed by atoms with Crippen LogP contribution < -0.4 is 10.1 Å². The molecule has 1 aromatic carbocycles. The molecule has 2 heterocycles. The third kappa shape index (κ3) is 2.36. The van der Waals surface area contributed by atoms with Crippen molar-refractivity contribution in [3.63, 3.8) is 0 Å². The summed E-state index contributed by atoms with van der Waals surface area (Å²) in [6.07, 6.45) is 4.14. The van der Waals surface area contributed by atoms with Crippen LogP contribution in [0.3, 0.4) is 0 Å². The van der Waals surface area contributed by atoms with Gasteiger partial charge in [-0.25, -0.2) is 4.98 Å². The molecule has 0 unspecified atom stereocenters. The Kier molecular flexibility index (Phi) is 3.24. The SMILES string of the molecule is c1ccc(Oc2ncccc2[C@@H]2CCCN2)cc1. The quantitative estimate of drug-likeness (QED) is 0.893. The fourth-order valence-electron chi connectivity index (χ4n) is 2.30. The highest BCUT2D eigenvalue weighted by Gasteiger charge is 2.20. The lowest BCUT2D eigenvalue weighted by molar-refractivity contribution is 0.446. The van der Waals surface area contributed by atoms with Crippen LogP contribution in [0.4, 0.5) is 0 Å². The molecule has 1 atom stereocenters. The average molecular weight is 240 g/mol. The third-order valence-electron chi connectivity index (χ3n) is 3.19. The number of ether oxygens (including phenoxy) is 1. The highest BCUT2D eigenvalue weighted by Crippen LogP contribution is 2.31. The van der Waals surface area contributed by atoms with Crippen LogP contribution in [0.5, 0.6) is 11.6 Å². The highest BCUT2D eigenvalue weighted by atomic mass is 16.5. The maximum atomic E-state index is 5.87. The van der Waals surface area contributed by atoms with Gasteiger partial charge in [0, 0.05) is 17.8 Å². The van der Waals surface area contributed by atoms with Gasteiger partial charge in [-0.1, -0.05) is 24.3 Å². The van der Waals surface area contributed by atoms with Gasteiger partial charge in [-0.15, -0.1) is 0 Å². The van der Waals surface area contributed by atoms with Crippen molar-refractivity contribution in [1.29, 1.82) is 0 Å². The summed E-state index contributed by atoms with van der Waals surface area (Å²) in [6.45, 7) is 1.07. The van der Waals surface area contributed by atoms with Crippen molar-refractivity contribution < 1.29 is 4.74 Å². The summed E-state index contributed by atoms with van der Waals surface area (Å²) in [5.41, 5.74) is 1.15. The van der Waals surface area contributed by atoms with Crippen molar-refractivity contribution >= 4 is 0 Å². The van der Waals surface area contributed by atoms with Gasteiger partial charge < -0.3 is 10.1 Å². The number of hydrogen-bond acceptors (Lipinski definition) is 3. The Morgan fingerprint density at radius 1 is 1.11 bits per heavy atom. The molecule has 0 amide bonds. The van der Waals surface area contributed by atoms with Crippen molar-refractivity contribution in [2.75, 3.05) is 6.54 Å². The molecule has 1 aliphatic rings. The van der Waals surface area contributed by atoms with E-state index < -0.39 is 0 Å². The van der Waals surface area contributed by atoms with E-state index in [0.717, 1.165) is 24.3 Å². The first-order chi connectivity index (χ1) is 8.93. The van der Waals surface area contributed by atoms with Gasteiger partial charge in [-0.2, -0.15) is 0 Å². The standard InChI is InChI=1S/C15H16N2O/c1-2-6-12(7-3-1)18-15-13(8-4-11-17-15)14-9-5-10-16-14/h1-4,6-8,11,14,16H,5,9-10H2/t14-/m0/s1. The molecule has 3 rings (SSSR count). The number of nitrogens with one attached hydrogen (secondary N) is 1. The van der Waals surface area contributed by atoms with Gasteiger partial charge in [0.2, 0.25) is 5.88 Å². The van der Waals surface area contributed by atoms with Gasteiger partial charge in [-0.3, -0.25) is 0 Å². The molecule has 92 valence electrons. The van der Waals surface area contributed by atoms with E-state index in [1.807, 2.05) is 36.4 Å².